The number of carbonyl (C=O) groups is 2. The van der Waals surface area contributed by atoms with E-state index in [1.165, 1.54) is 0 Å². The van der Waals surface area contributed by atoms with Crippen LogP contribution in [-0.4, -0.2) is 12.8 Å². The molecule has 0 unspecified atom stereocenters. The molecule has 2 amide bonds. The van der Waals surface area contributed by atoms with Gasteiger partial charge in [-0.15, -0.1) is 0 Å². The van der Waals surface area contributed by atoms with Crippen molar-refractivity contribution in [1.29, 1.82) is 0 Å². The highest BCUT2D eigenvalue weighted by molar-refractivity contribution is 5.44. The van der Waals surface area contributed by atoms with Gasteiger partial charge in [0, 0.05) is 0 Å². The summed E-state index contributed by atoms with van der Waals surface area (Å²) >= 11 is 0. The van der Waals surface area contributed by atoms with Crippen molar-refractivity contribution in [3.8, 4) is 0 Å². The number of hydrogen-bond acceptors (Lipinski definition) is 4. The Hall–Kier alpha value is -1.14. The van der Waals surface area contributed by atoms with Gasteiger partial charge >= 0.3 is 0 Å². The molecule has 6 nitrogen and oxygen atoms in total. The van der Waals surface area contributed by atoms with E-state index in [4.69, 9.17) is 9.59 Å². The zero-order chi connectivity index (χ0) is 6.83. The summed E-state index contributed by atoms with van der Waals surface area (Å²) in [5.74, 6) is 8.82. The van der Waals surface area contributed by atoms with Crippen LogP contribution in [0.4, 0.5) is 0 Å². The van der Waals surface area contributed by atoms with Crippen molar-refractivity contribution < 1.29 is 9.59 Å². The van der Waals surface area contributed by atoms with Crippen LogP contribution in [0.15, 0.2) is 0 Å². The van der Waals surface area contributed by atoms with E-state index in [-0.39, 0.29) is 0 Å². The van der Waals surface area contributed by atoms with Crippen molar-refractivity contribution in [2.75, 3.05) is 0 Å². The molecule has 0 aliphatic carbocycles. The van der Waals surface area contributed by atoms with Crippen molar-refractivity contribution in [3.63, 3.8) is 0 Å². The van der Waals surface area contributed by atoms with Gasteiger partial charge in [0.25, 0.3) is 0 Å². The quantitative estimate of drug-likeness (QED) is 0.137. The minimum absolute atomic E-state index is 0.403. The third kappa shape index (κ3) is 97.9. The molecule has 8 heavy (non-hydrogen) atoms. The van der Waals surface area contributed by atoms with E-state index < -0.39 is 0 Å². The summed E-state index contributed by atoms with van der Waals surface area (Å²) in [6.07, 6.45) is 0.806. The maximum absolute atomic E-state index is 8.94. The second-order valence-electron chi connectivity index (χ2n) is 0.569. The van der Waals surface area contributed by atoms with Crippen molar-refractivity contribution in [1.82, 2.24) is 10.9 Å². The summed E-state index contributed by atoms with van der Waals surface area (Å²) < 4.78 is 0. The fourth-order valence-corrected chi connectivity index (χ4v) is 0. The Labute approximate surface area is 46.2 Å². The molecule has 0 fully saturated rings. The highest BCUT2D eigenvalue weighted by Gasteiger charge is 1.42. The zero-order valence-electron chi connectivity index (χ0n) is 4.13. The molecule has 6 heteroatoms. The topological polar surface area (TPSA) is 110 Å². The predicted molar refractivity (Wildman–Crippen MR) is 26.8 cm³/mol. The van der Waals surface area contributed by atoms with Crippen LogP contribution in [0.5, 0.6) is 0 Å². The van der Waals surface area contributed by atoms with Crippen LogP contribution in [-0.2, 0) is 9.59 Å². The van der Waals surface area contributed by atoms with Gasteiger partial charge in [-0.25, -0.2) is 11.7 Å². The predicted octanol–water partition coefficient (Wildman–Crippen LogP) is -2.79. The van der Waals surface area contributed by atoms with E-state index in [0.717, 1.165) is 0 Å². The van der Waals surface area contributed by atoms with E-state index in [1.54, 1.807) is 10.9 Å². The standard InChI is InChI=1S/2CH4N2O/c2*2-3-1-4/h2*1H,2H2,(H,3,4). The smallest absolute Gasteiger partial charge is 0.221 e. The van der Waals surface area contributed by atoms with Crippen LogP contribution in [0.1, 0.15) is 0 Å². The van der Waals surface area contributed by atoms with Gasteiger partial charge < -0.3 is 0 Å². The number of amides is 2. The molecular formula is C2H8N4O2. The van der Waals surface area contributed by atoms with Crippen LogP contribution in [0.25, 0.3) is 0 Å². The van der Waals surface area contributed by atoms with Crippen molar-refractivity contribution in [2.45, 2.75) is 0 Å². The van der Waals surface area contributed by atoms with Crippen molar-refractivity contribution in [3.05, 3.63) is 0 Å². The van der Waals surface area contributed by atoms with Gasteiger partial charge in [0.1, 0.15) is 0 Å². The van der Waals surface area contributed by atoms with Gasteiger partial charge in [0.05, 0.1) is 0 Å². The summed E-state index contributed by atoms with van der Waals surface area (Å²) in [7, 11) is 0. The molecule has 0 aliphatic rings. The molecule has 0 rings (SSSR count). The first kappa shape index (κ1) is 9.97. The van der Waals surface area contributed by atoms with Crippen molar-refractivity contribution >= 4 is 12.8 Å². The average molecular weight is 120 g/mol. The third-order valence-electron chi connectivity index (χ3n) is 0.136. The van der Waals surface area contributed by atoms with Gasteiger partial charge in [-0.05, 0) is 0 Å². The molecule has 0 bridgehead atoms. The first-order valence-corrected chi connectivity index (χ1v) is 1.63. The van der Waals surface area contributed by atoms with Crippen molar-refractivity contribution in [2.24, 2.45) is 11.7 Å². The molecule has 0 aromatic heterocycles. The third-order valence-corrected chi connectivity index (χ3v) is 0.136. The van der Waals surface area contributed by atoms with E-state index in [1.807, 2.05) is 0 Å². The molecule has 48 valence electrons. The first-order valence-electron chi connectivity index (χ1n) is 1.63. The Bertz CT molecular complexity index is 48.0. The Kier molecular flexibility index (Phi) is 21.1. The lowest BCUT2D eigenvalue weighted by molar-refractivity contribution is -0.110. The Morgan fingerprint density at radius 1 is 1.00 bits per heavy atom. The lowest BCUT2D eigenvalue weighted by atomic mass is 11.4. The zero-order valence-corrected chi connectivity index (χ0v) is 4.13. The molecule has 0 atom stereocenters. The molecule has 0 spiro atoms. The highest BCUT2D eigenvalue weighted by Crippen LogP contribution is 0.995. The average Bonchev–Trinajstić information content (AvgIpc) is 1.88. The largest absolute Gasteiger partial charge is 0.297 e. The number of hydrazine groups is 2. The van der Waals surface area contributed by atoms with E-state index in [2.05, 4.69) is 11.7 Å². The molecule has 0 saturated heterocycles. The Morgan fingerprint density at radius 3 is 1.12 bits per heavy atom. The molecule has 0 heterocycles. The molecule has 0 aliphatic heterocycles. The molecular weight excluding hydrogens is 112 g/mol. The number of nitrogens with two attached hydrogens (primary N) is 2. The van der Waals surface area contributed by atoms with Crippen LogP contribution >= 0.6 is 0 Å². The SMILES string of the molecule is NNC=O.NNC=O. The van der Waals surface area contributed by atoms with Gasteiger partial charge in [0.2, 0.25) is 12.8 Å². The van der Waals surface area contributed by atoms with Gasteiger partial charge in [0.15, 0.2) is 0 Å². The molecule has 0 aromatic carbocycles. The molecule has 0 saturated carbocycles. The Balaban J connectivity index is 0. The van der Waals surface area contributed by atoms with E-state index in [9.17, 15) is 0 Å². The fraction of sp³-hybridized carbons (Fsp3) is 0. The number of carbonyl (C=O) groups excluding carboxylic acids is 2. The minimum Gasteiger partial charge on any atom is -0.297 e. The monoisotopic (exact) mass is 120 g/mol. The lowest BCUT2D eigenvalue weighted by Crippen LogP contribution is -2.18. The van der Waals surface area contributed by atoms with Crippen LogP contribution in [0.3, 0.4) is 0 Å². The minimum atomic E-state index is 0.403. The van der Waals surface area contributed by atoms with Crippen LogP contribution in [0.2, 0.25) is 0 Å². The molecule has 0 aromatic rings. The summed E-state index contributed by atoms with van der Waals surface area (Å²) in [6, 6.07) is 0. The molecule has 6 N–H and O–H groups in total. The molecule has 0 radical (unpaired) electrons. The fourth-order valence-electron chi connectivity index (χ4n) is 0. The maximum Gasteiger partial charge on any atom is 0.221 e. The maximum atomic E-state index is 8.94. The lowest BCUT2D eigenvalue weighted by Gasteiger charge is -1.66. The second kappa shape index (κ2) is 16.9. The summed E-state index contributed by atoms with van der Waals surface area (Å²) in [5.41, 5.74) is 3.50. The summed E-state index contributed by atoms with van der Waals surface area (Å²) in [4.78, 5) is 17.9. The number of nitrogens with one attached hydrogen (secondary N) is 2. The number of hydrogen-bond donors (Lipinski definition) is 4. The van der Waals surface area contributed by atoms with Gasteiger partial charge in [-0.3, -0.25) is 20.4 Å². The van der Waals surface area contributed by atoms with Gasteiger partial charge in [-0.2, -0.15) is 0 Å². The van der Waals surface area contributed by atoms with Gasteiger partial charge in [-0.1, -0.05) is 0 Å². The highest BCUT2D eigenvalue weighted by atomic mass is 16.1. The van der Waals surface area contributed by atoms with Crippen LogP contribution in [0, 0.1) is 0 Å². The summed E-state index contributed by atoms with van der Waals surface area (Å²) in [6.45, 7) is 0. The summed E-state index contributed by atoms with van der Waals surface area (Å²) in [5, 5.41) is 0. The van der Waals surface area contributed by atoms with E-state index >= 15 is 0 Å². The second-order valence-corrected chi connectivity index (χ2v) is 0.569. The van der Waals surface area contributed by atoms with E-state index in [0.29, 0.717) is 12.8 Å². The first-order chi connectivity index (χ1) is 3.83. The van der Waals surface area contributed by atoms with Crippen LogP contribution < -0.4 is 22.5 Å². The Morgan fingerprint density at radius 2 is 1.12 bits per heavy atom. The number of rotatable bonds is 2. The normalized spacial score (nSPS) is 5.25.